The first-order chi connectivity index (χ1) is 12.5. The molecule has 26 heavy (non-hydrogen) atoms. The van der Waals surface area contributed by atoms with Crippen LogP contribution in [0, 0.1) is 5.92 Å². The normalized spacial score (nSPS) is 19.5. The number of nitrogens with zero attached hydrogens (tertiary/aromatic N) is 1. The van der Waals surface area contributed by atoms with Crippen molar-refractivity contribution in [1.29, 1.82) is 0 Å². The Balaban J connectivity index is 1.78. The summed E-state index contributed by atoms with van der Waals surface area (Å²) in [7, 11) is 0. The zero-order valence-electron chi connectivity index (χ0n) is 16.0. The lowest BCUT2D eigenvalue weighted by atomic mass is 10.00. The van der Waals surface area contributed by atoms with E-state index in [4.69, 9.17) is 5.73 Å². The van der Waals surface area contributed by atoms with Crippen LogP contribution in [0.15, 0.2) is 24.3 Å². The summed E-state index contributed by atoms with van der Waals surface area (Å²) < 4.78 is 0. The van der Waals surface area contributed by atoms with Gasteiger partial charge in [-0.05, 0) is 56.1 Å². The first-order valence-electron chi connectivity index (χ1n) is 9.69. The number of rotatable bonds is 9. The Bertz CT molecular complexity index is 584. The summed E-state index contributed by atoms with van der Waals surface area (Å²) in [5.41, 5.74) is 7.33. The Morgan fingerprint density at radius 2 is 1.85 bits per heavy atom. The van der Waals surface area contributed by atoms with Gasteiger partial charge < -0.3 is 21.3 Å². The third-order valence-electron chi connectivity index (χ3n) is 5.20. The molecule has 6 nitrogen and oxygen atoms in total. The van der Waals surface area contributed by atoms with Crippen LogP contribution in [0.3, 0.4) is 0 Å². The topological polar surface area (TPSA) is 87.5 Å². The summed E-state index contributed by atoms with van der Waals surface area (Å²) >= 11 is 0. The number of carbonyl (C=O) groups is 2. The van der Waals surface area contributed by atoms with Gasteiger partial charge in [0.2, 0.25) is 5.91 Å². The average molecular weight is 361 g/mol. The Hall–Kier alpha value is -1.92. The van der Waals surface area contributed by atoms with Crippen LogP contribution in [0.25, 0.3) is 0 Å². The highest BCUT2D eigenvalue weighted by molar-refractivity contribution is 5.95. The minimum atomic E-state index is -0.0908. The number of hydrogen-bond acceptors (Lipinski definition) is 4. The maximum absolute atomic E-state index is 12.2. The van der Waals surface area contributed by atoms with E-state index in [0.29, 0.717) is 24.2 Å². The first-order valence-corrected chi connectivity index (χ1v) is 9.69. The van der Waals surface area contributed by atoms with Crippen LogP contribution in [-0.2, 0) is 4.79 Å². The molecule has 4 N–H and O–H groups in total. The van der Waals surface area contributed by atoms with Crippen molar-refractivity contribution in [3.63, 3.8) is 0 Å². The zero-order chi connectivity index (χ0) is 18.9. The number of likely N-dealkylation sites (N-methyl/N-ethyl adjacent to an activating group) is 1. The second-order valence-corrected chi connectivity index (χ2v) is 6.97. The average Bonchev–Trinajstić information content (AvgIpc) is 3.03. The molecule has 0 bridgehead atoms. The lowest BCUT2D eigenvalue weighted by molar-refractivity contribution is -0.117. The maximum atomic E-state index is 12.2. The predicted molar refractivity (Wildman–Crippen MR) is 105 cm³/mol. The van der Waals surface area contributed by atoms with Crippen molar-refractivity contribution in [2.75, 3.05) is 31.5 Å². The molecule has 2 amide bonds. The van der Waals surface area contributed by atoms with Crippen molar-refractivity contribution < 1.29 is 9.59 Å². The number of benzene rings is 1. The molecule has 0 aliphatic heterocycles. The monoisotopic (exact) mass is 360 g/mol. The molecule has 6 heteroatoms. The Labute approximate surface area is 156 Å². The molecule has 0 spiro atoms. The van der Waals surface area contributed by atoms with Crippen LogP contribution >= 0.6 is 0 Å². The molecule has 0 unspecified atom stereocenters. The van der Waals surface area contributed by atoms with E-state index in [1.807, 2.05) is 0 Å². The van der Waals surface area contributed by atoms with Crippen LogP contribution in [0.4, 0.5) is 5.69 Å². The molecule has 1 aliphatic carbocycles. The summed E-state index contributed by atoms with van der Waals surface area (Å²) in [6, 6.07) is 7.16. The fourth-order valence-corrected chi connectivity index (χ4v) is 3.44. The number of nitrogens with two attached hydrogens (primary N) is 1. The van der Waals surface area contributed by atoms with Gasteiger partial charge in [-0.25, -0.2) is 0 Å². The Morgan fingerprint density at radius 3 is 2.42 bits per heavy atom. The van der Waals surface area contributed by atoms with E-state index in [1.54, 1.807) is 24.3 Å². The van der Waals surface area contributed by atoms with E-state index in [2.05, 4.69) is 29.4 Å². The third-order valence-corrected chi connectivity index (χ3v) is 5.20. The largest absolute Gasteiger partial charge is 0.351 e. The highest BCUT2D eigenvalue weighted by Crippen LogP contribution is 2.27. The van der Waals surface area contributed by atoms with Crippen LogP contribution in [-0.4, -0.2) is 48.9 Å². The quantitative estimate of drug-likeness (QED) is 0.630. The van der Waals surface area contributed by atoms with Crippen molar-refractivity contribution in [3.05, 3.63) is 29.8 Å². The standard InChI is InChI=1S/C20H32N4O2/c1-3-24(4-2)13-12-22-20(26)15-8-10-17(11-9-15)23-19(25)14-16-6-5-7-18(16)21/h8-11,16,18H,3-7,12-14,21H2,1-2H3,(H,22,26)(H,23,25)/t16-,18+/m0/s1. The summed E-state index contributed by atoms with van der Waals surface area (Å²) in [5.74, 6) is 0.182. The van der Waals surface area contributed by atoms with Gasteiger partial charge in [0.05, 0.1) is 0 Å². The smallest absolute Gasteiger partial charge is 0.251 e. The first kappa shape index (κ1) is 20.4. The zero-order valence-corrected chi connectivity index (χ0v) is 16.0. The summed E-state index contributed by atoms with van der Waals surface area (Å²) in [6.07, 6.45) is 3.61. The van der Waals surface area contributed by atoms with Gasteiger partial charge in [0.15, 0.2) is 0 Å². The molecule has 2 atom stereocenters. The molecule has 1 aromatic carbocycles. The van der Waals surface area contributed by atoms with Crippen molar-refractivity contribution in [1.82, 2.24) is 10.2 Å². The number of nitrogens with one attached hydrogen (secondary N) is 2. The molecule has 0 saturated heterocycles. The van der Waals surface area contributed by atoms with Gasteiger partial charge in [-0.15, -0.1) is 0 Å². The molecule has 1 fully saturated rings. The van der Waals surface area contributed by atoms with E-state index in [9.17, 15) is 9.59 Å². The number of hydrogen-bond donors (Lipinski definition) is 3. The van der Waals surface area contributed by atoms with E-state index in [-0.39, 0.29) is 23.8 Å². The second-order valence-electron chi connectivity index (χ2n) is 6.97. The summed E-state index contributed by atoms with van der Waals surface area (Å²) in [6.45, 7) is 7.65. The Morgan fingerprint density at radius 1 is 1.15 bits per heavy atom. The van der Waals surface area contributed by atoms with Crippen molar-refractivity contribution in [2.45, 2.75) is 45.6 Å². The number of carbonyl (C=O) groups excluding carboxylic acids is 2. The second kappa shape index (κ2) is 10.3. The fourth-order valence-electron chi connectivity index (χ4n) is 3.44. The molecule has 0 heterocycles. The highest BCUT2D eigenvalue weighted by Gasteiger charge is 2.26. The molecule has 1 saturated carbocycles. The van der Waals surface area contributed by atoms with Gasteiger partial charge in [0.1, 0.15) is 0 Å². The van der Waals surface area contributed by atoms with E-state index < -0.39 is 0 Å². The third kappa shape index (κ3) is 6.11. The van der Waals surface area contributed by atoms with Gasteiger partial charge in [0, 0.05) is 36.8 Å². The SMILES string of the molecule is CCN(CC)CCNC(=O)c1ccc(NC(=O)C[C@@H]2CCC[C@H]2N)cc1. The molecule has 1 aliphatic rings. The van der Waals surface area contributed by atoms with Gasteiger partial charge in [-0.1, -0.05) is 20.3 Å². The molecule has 0 radical (unpaired) electrons. The lowest BCUT2D eigenvalue weighted by Gasteiger charge is -2.18. The summed E-state index contributed by atoms with van der Waals surface area (Å²) in [4.78, 5) is 26.6. The van der Waals surface area contributed by atoms with Gasteiger partial charge in [0.25, 0.3) is 5.91 Å². The minimum Gasteiger partial charge on any atom is -0.351 e. The molecule has 144 valence electrons. The van der Waals surface area contributed by atoms with Crippen LogP contribution in [0.1, 0.15) is 49.9 Å². The number of amides is 2. The van der Waals surface area contributed by atoms with Crippen molar-refractivity contribution in [3.8, 4) is 0 Å². The molecular weight excluding hydrogens is 328 g/mol. The fraction of sp³-hybridized carbons (Fsp3) is 0.600. The minimum absolute atomic E-state index is 0.0104. The van der Waals surface area contributed by atoms with Crippen LogP contribution in [0.5, 0.6) is 0 Å². The molecule has 2 rings (SSSR count). The molecule has 0 aromatic heterocycles. The lowest BCUT2D eigenvalue weighted by Crippen LogP contribution is -2.34. The van der Waals surface area contributed by atoms with Gasteiger partial charge in [-0.2, -0.15) is 0 Å². The maximum Gasteiger partial charge on any atom is 0.251 e. The van der Waals surface area contributed by atoms with Crippen molar-refractivity contribution in [2.24, 2.45) is 11.7 Å². The van der Waals surface area contributed by atoms with Gasteiger partial charge in [-0.3, -0.25) is 9.59 Å². The highest BCUT2D eigenvalue weighted by atomic mass is 16.2. The van der Waals surface area contributed by atoms with Crippen LogP contribution < -0.4 is 16.4 Å². The number of anilines is 1. The van der Waals surface area contributed by atoms with Crippen LogP contribution in [0.2, 0.25) is 0 Å². The predicted octanol–water partition coefficient (Wildman–Crippen LogP) is 2.21. The molecular formula is C20H32N4O2. The Kier molecular flexibility index (Phi) is 8.06. The van der Waals surface area contributed by atoms with E-state index in [1.165, 1.54) is 0 Å². The summed E-state index contributed by atoms with van der Waals surface area (Å²) in [5, 5.41) is 5.83. The van der Waals surface area contributed by atoms with E-state index in [0.717, 1.165) is 38.9 Å². The van der Waals surface area contributed by atoms with Gasteiger partial charge >= 0.3 is 0 Å². The van der Waals surface area contributed by atoms with E-state index >= 15 is 0 Å². The van der Waals surface area contributed by atoms with Crippen molar-refractivity contribution >= 4 is 17.5 Å². The molecule has 1 aromatic rings.